The monoisotopic (exact) mass is 236 g/mol. The van der Waals surface area contributed by atoms with Crippen molar-refractivity contribution in [3.05, 3.63) is 29.1 Å². The minimum atomic E-state index is -4.97. The number of carbonyl (C=O) groups is 2. The Hall–Kier alpha value is -1.92. The van der Waals surface area contributed by atoms with E-state index in [1.807, 2.05) is 0 Å². The minimum absolute atomic E-state index is 0.00837. The van der Waals surface area contributed by atoms with E-state index in [-0.39, 0.29) is 12.6 Å². The van der Waals surface area contributed by atoms with Crippen molar-refractivity contribution in [2.75, 3.05) is 0 Å². The molecule has 0 heterocycles. The van der Waals surface area contributed by atoms with Gasteiger partial charge in [-0.05, 0) is 12.1 Å². The van der Waals surface area contributed by atoms with Gasteiger partial charge in [0.1, 0.15) is 11.6 Å². The zero-order chi connectivity index (χ0) is 12.3. The molecule has 0 aliphatic carbocycles. The summed E-state index contributed by atoms with van der Waals surface area (Å²) < 4.78 is 52.0. The molecule has 0 spiro atoms. The van der Waals surface area contributed by atoms with Gasteiger partial charge in [0.2, 0.25) is 0 Å². The fourth-order valence-corrected chi connectivity index (χ4v) is 1.01. The Bertz CT molecular complexity index is 396. The highest BCUT2D eigenvalue weighted by molar-refractivity contribution is 5.83. The maximum absolute atomic E-state index is 13.1. The predicted molar refractivity (Wildman–Crippen MR) is 43.9 cm³/mol. The number of rotatable bonds is 3. The van der Waals surface area contributed by atoms with Crippen LogP contribution in [0.2, 0.25) is 0 Å². The van der Waals surface area contributed by atoms with Crippen molar-refractivity contribution in [2.45, 2.75) is 6.36 Å². The summed E-state index contributed by atoms with van der Waals surface area (Å²) in [5.74, 6) is -2.00. The van der Waals surface area contributed by atoms with E-state index in [0.29, 0.717) is 12.1 Å². The summed E-state index contributed by atoms with van der Waals surface area (Å²) in [5, 5.41) is 0. The summed E-state index contributed by atoms with van der Waals surface area (Å²) in [6.07, 6.45) is -4.99. The number of hydrogen-bond donors (Lipinski definition) is 0. The van der Waals surface area contributed by atoms with Crippen LogP contribution in [0.5, 0.6) is 5.75 Å². The standard InChI is InChI=1S/C9H4F4O3/c10-8-5(3-14)1-7(2-6(8)4-15)16-9(11,12)13/h1-4H. The second-order valence-corrected chi connectivity index (χ2v) is 2.70. The summed E-state index contributed by atoms with van der Waals surface area (Å²) in [4.78, 5) is 20.6. The van der Waals surface area contributed by atoms with Crippen molar-refractivity contribution < 1.29 is 31.9 Å². The lowest BCUT2D eigenvalue weighted by Crippen LogP contribution is -2.17. The lowest BCUT2D eigenvalue weighted by atomic mass is 10.1. The molecule has 1 aromatic carbocycles. The molecule has 3 nitrogen and oxygen atoms in total. The maximum atomic E-state index is 13.1. The fourth-order valence-electron chi connectivity index (χ4n) is 1.01. The van der Waals surface area contributed by atoms with E-state index >= 15 is 0 Å². The summed E-state index contributed by atoms with van der Waals surface area (Å²) in [6.45, 7) is 0. The molecule has 0 atom stereocenters. The van der Waals surface area contributed by atoms with Gasteiger partial charge in [-0.3, -0.25) is 9.59 Å². The molecule has 7 heteroatoms. The first-order valence-electron chi connectivity index (χ1n) is 3.87. The van der Waals surface area contributed by atoms with Crippen LogP contribution in [0.15, 0.2) is 12.1 Å². The SMILES string of the molecule is O=Cc1cc(OC(F)(F)F)cc(C=O)c1F. The van der Waals surface area contributed by atoms with Gasteiger partial charge in [-0.25, -0.2) is 4.39 Å². The number of benzene rings is 1. The highest BCUT2D eigenvalue weighted by Gasteiger charge is 2.31. The molecule has 1 rings (SSSR count). The third kappa shape index (κ3) is 2.78. The smallest absolute Gasteiger partial charge is 0.406 e. The van der Waals surface area contributed by atoms with Crippen LogP contribution in [0, 0.1) is 5.82 Å². The molecule has 0 saturated heterocycles. The van der Waals surface area contributed by atoms with Crippen LogP contribution in [0.4, 0.5) is 17.6 Å². The molecule has 0 bridgehead atoms. The zero-order valence-corrected chi connectivity index (χ0v) is 7.55. The molecule has 0 N–H and O–H groups in total. The molecule has 0 aliphatic heterocycles. The fraction of sp³-hybridized carbons (Fsp3) is 0.111. The number of carbonyl (C=O) groups excluding carboxylic acids is 2. The van der Waals surface area contributed by atoms with E-state index in [0.717, 1.165) is 0 Å². The van der Waals surface area contributed by atoms with Crippen LogP contribution in [0.3, 0.4) is 0 Å². The number of halogens is 4. The van der Waals surface area contributed by atoms with Crippen LogP contribution in [-0.2, 0) is 0 Å². The molecule has 0 amide bonds. The first kappa shape index (κ1) is 12.2. The summed E-state index contributed by atoms with van der Waals surface area (Å²) in [5.41, 5.74) is -1.35. The highest BCUT2D eigenvalue weighted by atomic mass is 19.4. The Morgan fingerprint density at radius 3 is 1.81 bits per heavy atom. The van der Waals surface area contributed by atoms with Crippen molar-refractivity contribution in [3.8, 4) is 5.75 Å². The molecule has 0 radical (unpaired) electrons. The van der Waals surface area contributed by atoms with Gasteiger partial charge in [-0.15, -0.1) is 13.2 Å². The van der Waals surface area contributed by atoms with E-state index in [1.54, 1.807) is 0 Å². The average Bonchev–Trinajstić information content (AvgIpc) is 2.18. The molecule has 0 aliphatic rings. The normalized spacial score (nSPS) is 11.0. The van der Waals surface area contributed by atoms with Crippen LogP contribution in [0.1, 0.15) is 20.7 Å². The Morgan fingerprint density at radius 2 is 1.50 bits per heavy atom. The van der Waals surface area contributed by atoms with Crippen LogP contribution >= 0.6 is 0 Å². The van der Waals surface area contributed by atoms with Gasteiger partial charge in [0.05, 0.1) is 11.1 Å². The number of hydrogen-bond acceptors (Lipinski definition) is 3. The molecule has 86 valence electrons. The second kappa shape index (κ2) is 4.30. The maximum Gasteiger partial charge on any atom is 0.573 e. The van der Waals surface area contributed by atoms with Crippen molar-refractivity contribution in [1.29, 1.82) is 0 Å². The van der Waals surface area contributed by atoms with Gasteiger partial charge < -0.3 is 4.74 Å². The Balaban J connectivity index is 3.22. The van der Waals surface area contributed by atoms with Crippen LogP contribution < -0.4 is 4.74 Å². The van der Waals surface area contributed by atoms with Crippen LogP contribution in [-0.4, -0.2) is 18.9 Å². The van der Waals surface area contributed by atoms with Crippen molar-refractivity contribution in [1.82, 2.24) is 0 Å². The van der Waals surface area contributed by atoms with E-state index in [2.05, 4.69) is 4.74 Å². The van der Waals surface area contributed by atoms with Crippen molar-refractivity contribution in [3.63, 3.8) is 0 Å². The molecular formula is C9H4F4O3. The first-order valence-corrected chi connectivity index (χ1v) is 3.87. The number of alkyl halides is 3. The van der Waals surface area contributed by atoms with Crippen molar-refractivity contribution >= 4 is 12.6 Å². The Kier molecular flexibility index (Phi) is 3.26. The van der Waals surface area contributed by atoms with Gasteiger partial charge in [0, 0.05) is 0 Å². The number of aldehydes is 2. The van der Waals surface area contributed by atoms with Gasteiger partial charge >= 0.3 is 6.36 Å². The van der Waals surface area contributed by atoms with Gasteiger partial charge in [-0.1, -0.05) is 0 Å². The summed E-state index contributed by atoms with van der Waals surface area (Å²) in [7, 11) is 0. The quantitative estimate of drug-likeness (QED) is 0.597. The van der Waals surface area contributed by atoms with Crippen LogP contribution in [0.25, 0.3) is 0 Å². The molecular weight excluding hydrogens is 232 g/mol. The minimum Gasteiger partial charge on any atom is -0.406 e. The average molecular weight is 236 g/mol. The van der Waals surface area contributed by atoms with E-state index in [1.165, 1.54) is 0 Å². The molecule has 1 aromatic rings. The van der Waals surface area contributed by atoms with E-state index in [4.69, 9.17) is 0 Å². The lowest BCUT2D eigenvalue weighted by molar-refractivity contribution is -0.274. The molecule has 0 saturated carbocycles. The molecule has 0 aromatic heterocycles. The largest absolute Gasteiger partial charge is 0.573 e. The molecule has 0 unspecified atom stereocenters. The Morgan fingerprint density at radius 1 is 1.06 bits per heavy atom. The van der Waals surface area contributed by atoms with Gasteiger partial charge in [0.15, 0.2) is 12.6 Å². The third-order valence-corrected chi connectivity index (χ3v) is 1.59. The third-order valence-electron chi connectivity index (χ3n) is 1.59. The van der Waals surface area contributed by atoms with Crippen molar-refractivity contribution in [2.24, 2.45) is 0 Å². The van der Waals surface area contributed by atoms with E-state index < -0.39 is 29.1 Å². The topological polar surface area (TPSA) is 43.4 Å². The van der Waals surface area contributed by atoms with Gasteiger partial charge in [-0.2, -0.15) is 0 Å². The summed E-state index contributed by atoms with van der Waals surface area (Å²) in [6, 6.07) is 1.12. The molecule has 0 fully saturated rings. The zero-order valence-electron chi connectivity index (χ0n) is 7.55. The lowest BCUT2D eigenvalue weighted by Gasteiger charge is -2.10. The van der Waals surface area contributed by atoms with Gasteiger partial charge in [0.25, 0.3) is 0 Å². The first-order chi connectivity index (χ1) is 7.37. The number of ether oxygens (including phenoxy) is 1. The van der Waals surface area contributed by atoms with E-state index in [9.17, 15) is 27.2 Å². The Labute approximate surface area is 86.6 Å². The second-order valence-electron chi connectivity index (χ2n) is 2.70. The predicted octanol–water partition coefficient (Wildman–Crippen LogP) is 2.35. The highest BCUT2D eigenvalue weighted by Crippen LogP contribution is 2.25. The molecule has 16 heavy (non-hydrogen) atoms. The summed E-state index contributed by atoms with van der Waals surface area (Å²) >= 11 is 0.